The third-order valence-electron chi connectivity index (χ3n) is 3.71. The van der Waals surface area contributed by atoms with E-state index < -0.39 is 0 Å². The molecule has 2 aromatic carbocycles. The molecule has 0 aliphatic heterocycles. The molecule has 0 saturated heterocycles. The molecule has 0 radical (unpaired) electrons. The third-order valence-corrected chi connectivity index (χ3v) is 3.96. The highest BCUT2D eigenvalue weighted by atomic mass is 35.5. The number of benzene rings is 2. The fraction of sp³-hybridized carbons (Fsp3) is 0.158. The number of halogens is 1. The molecule has 0 N–H and O–H groups in total. The lowest BCUT2D eigenvalue weighted by Crippen LogP contribution is -2.41. The zero-order valence-electron chi connectivity index (χ0n) is 13.4. The SMILES string of the molecule is CCc1n(Oc2ccccc2)cc[n+]1CC(=O)c1ccc(Cl)cc1. The van der Waals surface area contributed by atoms with Crippen molar-refractivity contribution in [2.45, 2.75) is 19.9 Å². The van der Waals surface area contributed by atoms with Gasteiger partial charge in [0.1, 0.15) is 6.20 Å². The molecule has 0 amide bonds. The van der Waals surface area contributed by atoms with Gasteiger partial charge in [0.2, 0.25) is 5.78 Å². The van der Waals surface area contributed by atoms with E-state index in [1.807, 2.05) is 54.2 Å². The van der Waals surface area contributed by atoms with Crippen molar-refractivity contribution in [1.29, 1.82) is 0 Å². The van der Waals surface area contributed by atoms with Crippen LogP contribution in [0.4, 0.5) is 0 Å². The molecule has 0 fully saturated rings. The van der Waals surface area contributed by atoms with E-state index >= 15 is 0 Å². The first-order chi connectivity index (χ1) is 11.7. The number of carbonyl (C=O) groups excluding carboxylic acids is 1. The van der Waals surface area contributed by atoms with Gasteiger partial charge in [-0.05, 0) is 41.1 Å². The Morgan fingerprint density at radius 3 is 2.50 bits per heavy atom. The van der Waals surface area contributed by atoms with E-state index in [-0.39, 0.29) is 12.3 Å². The Hall–Kier alpha value is -2.59. The Kier molecular flexibility index (Phi) is 4.96. The Morgan fingerprint density at radius 1 is 1.12 bits per heavy atom. The largest absolute Gasteiger partial charge is 0.297 e. The number of imidazole rings is 1. The summed E-state index contributed by atoms with van der Waals surface area (Å²) < 4.78 is 3.60. The van der Waals surface area contributed by atoms with Crippen LogP contribution in [0, 0.1) is 0 Å². The average molecular weight is 342 g/mol. The molecule has 0 aliphatic carbocycles. The Morgan fingerprint density at radius 2 is 1.83 bits per heavy atom. The van der Waals surface area contributed by atoms with Crippen LogP contribution in [0.15, 0.2) is 67.0 Å². The van der Waals surface area contributed by atoms with Gasteiger partial charge in [0.05, 0.1) is 6.42 Å². The van der Waals surface area contributed by atoms with Crippen LogP contribution in [0.3, 0.4) is 0 Å². The molecule has 122 valence electrons. The van der Waals surface area contributed by atoms with Crippen LogP contribution in [0.5, 0.6) is 5.75 Å². The summed E-state index contributed by atoms with van der Waals surface area (Å²) in [4.78, 5) is 18.3. The van der Waals surface area contributed by atoms with Gasteiger partial charge in [0.25, 0.3) is 5.82 Å². The number of hydrogen-bond acceptors (Lipinski definition) is 2. The molecule has 3 aromatic rings. The maximum absolute atomic E-state index is 12.4. The van der Waals surface area contributed by atoms with Gasteiger partial charge in [0.15, 0.2) is 18.5 Å². The molecule has 0 atom stereocenters. The lowest BCUT2D eigenvalue weighted by atomic mass is 10.1. The molecule has 5 heteroatoms. The van der Waals surface area contributed by atoms with Crippen molar-refractivity contribution in [2.75, 3.05) is 0 Å². The zero-order valence-corrected chi connectivity index (χ0v) is 14.1. The van der Waals surface area contributed by atoms with Crippen molar-refractivity contribution in [1.82, 2.24) is 4.73 Å². The number of Topliss-reactive ketones (excluding diaryl/α,β-unsaturated/α-hetero) is 1. The Labute approximate surface area is 145 Å². The second kappa shape index (κ2) is 7.32. The summed E-state index contributed by atoms with van der Waals surface area (Å²) in [5.74, 6) is 1.70. The van der Waals surface area contributed by atoms with Crippen molar-refractivity contribution >= 4 is 17.4 Å². The molecule has 1 aromatic heterocycles. The van der Waals surface area contributed by atoms with Gasteiger partial charge < -0.3 is 0 Å². The zero-order chi connectivity index (χ0) is 16.9. The average Bonchev–Trinajstić information content (AvgIpc) is 2.97. The van der Waals surface area contributed by atoms with Crippen molar-refractivity contribution in [3.8, 4) is 5.75 Å². The summed E-state index contributed by atoms with van der Waals surface area (Å²) in [5.41, 5.74) is 0.644. The quantitative estimate of drug-likeness (QED) is 0.506. The van der Waals surface area contributed by atoms with Gasteiger partial charge >= 0.3 is 0 Å². The molecule has 3 rings (SSSR count). The summed E-state index contributed by atoms with van der Waals surface area (Å²) in [6, 6.07) is 16.5. The molecule has 0 bridgehead atoms. The second-order valence-electron chi connectivity index (χ2n) is 5.36. The maximum atomic E-state index is 12.4. The monoisotopic (exact) mass is 341 g/mol. The van der Waals surface area contributed by atoms with E-state index in [1.54, 1.807) is 29.0 Å². The summed E-state index contributed by atoms with van der Waals surface area (Å²) in [5, 5.41) is 0.621. The van der Waals surface area contributed by atoms with Crippen LogP contribution < -0.4 is 9.40 Å². The first-order valence-electron chi connectivity index (χ1n) is 7.79. The molecule has 0 unspecified atom stereocenters. The van der Waals surface area contributed by atoms with E-state index in [0.29, 0.717) is 10.6 Å². The van der Waals surface area contributed by atoms with Crippen LogP contribution in [0.2, 0.25) is 5.02 Å². The van der Waals surface area contributed by atoms with Gasteiger partial charge in [0, 0.05) is 10.6 Å². The predicted octanol–water partition coefficient (Wildman–Crippen LogP) is 3.72. The predicted molar refractivity (Wildman–Crippen MR) is 92.3 cm³/mol. The Balaban J connectivity index is 1.79. The molecular weight excluding hydrogens is 324 g/mol. The second-order valence-corrected chi connectivity index (χ2v) is 5.79. The Bertz CT molecular complexity index is 826. The van der Waals surface area contributed by atoms with Crippen LogP contribution in [0.1, 0.15) is 23.1 Å². The minimum Gasteiger partial charge on any atom is -0.296 e. The minimum atomic E-state index is 0.0313. The molecule has 4 nitrogen and oxygen atoms in total. The summed E-state index contributed by atoms with van der Waals surface area (Å²) in [6.07, 6.45) is 4.42. The summed E-state index contributed by atoms with van der Waals surface area (Å²) in [6.45, 7) is 2.29. The third kappa shape index (κ3) is 3.66. The number of para-hydroxylation sites is 1. The van der Waals surface area contributed by atoms with Gasteiger partial charge in [-0.2, -0.15) is 0 Å². The number of carbonyl (C=O) groups is 1. The van der Waals surface area contributed by atoms with Crippen molar-refractivity contribution in [2.24, 2.45) is 0 Å². The first kappa shape index (κ1) is 16.3. The smallest absolute Gasteiger partial charge is 0.296 e. The first-order valence-corrected chi connectivity index (χ1v) is 8.17. The highest BCUT2D eigenvalue weighted by Gasteiger charge is 2.20. The standard InChI is InChI=1S/C19H18ClN2O2/c1-2-19-21(14-18(23)15-8-10-16(20)11-9-15)12-13-22(19)24-17-6-4-3-5-7-17/h3-13H,2,14H2,1H3/q+1. The molecule has 0 spiro atoms. The van der Waals surface area contributed by atoms with Crippen LogP contribution in [-0.2, 0) is 13.0 Å². The molecule has 1 heterocycles. The van der Waals surface area contributed by atoms with Gasteiger partial charge in [-0.15, -0.1) is 0 Å². The lowest BCUT2D eigenvalue weighted by Gasteiger charge is -2.04. The normalized spacial score (nSPS) is 10.6. The van der Waals surface area contributed by atoms with Crippen molar-refractivity contribution in [3.05, 3.63) is 83.4 Å². The van der Waals surface area contributed by atoms with Crippen LogP contribution >= 0.6 is 11.6 Å². The number of ketones is 1. The fourth-order valence-corrected chi connectivity index (χ4v) is 2.63. The molecule has 0 saturated carbocycles. The van der Waals surface area contributed by atoms with Gasteiger partial charge in [-0.1, -0.05) is 36.7 Å². The number of rotatable bonds is 6. The molecular formula is C19H18ClN2O2+. The van der Waals surface area contributed by atoms with E-state index in [9.17, 15) is 4.79 Å². The highest BCUT2D eigenvalue weighted by molar-refractivity contribution is 6.30. The van der Waals surface area contributed by atoms with E-state index in [0.717, 1.165) is 18.0 Å². The fourth-order valence-electron chi connectivity index (χ4n) is 2.50. The number of aromatic nitrogens is 2. The summed E-state index contributed by atoms with van der Waals surface area (Å²) in [7, 11) is 0. The van der Waals surface area contributed by atoms with E-state index in [1.165, 1.54) is 0 Å². The lowest BCUT2D eigenvalue weighted by molar-refractivity contribution is -0.691. The number of nitrogens with zero attached hydrogens (tertiary/aromatic N) is 2. The van der Waals surface area contributed by atoms with Crippen LogP contribution in [-0.4, -0.2) is 10.5 Å². The topological polar surface area (TPSA) is 35.1 Å². The van der Waals surface area contributed by atoms with E-state index in [2.05, 4.69) is 0 Å². The van der Waals surface area contributed by atoms with Crippen molar-refractivity contribution in [3.63, 3.8) is 0 Å². The van der Waals surface area contributed by atoms with Crippen molar-refractivity contribution < 1.29 is 14.2 Å². The van der Waals surface area contributed by atoms with Gasteiger partial charge in [-0.25, -0.2) is 4.57 Å². The molecule has 24 heavy (non-hydrogen) atoms. The number of hydrogen-bond donors (Lipinski definition) is 0. The van der Waals surface area contributed by atoms with Crippen LogP contribution in [0.25, 0.3) is 0 Å². The maximum Gasteiger partial charge on any atom is 0.297 e. The molecule has 0 aliphatic rings. The summed E-state index contributed by atoms with van der Waals surface area (Å²) >= 11 is 5.87. The highest BCUT2D eigenvalue weighted by Crippen LogP contribution is 2.12. The minimum absolute atomic E-state index is 0.0313. The van der Waals surface area contributed by atoms with E-state index in [4.69, 9.17) is 16.4 Å². The van der Waals surface area contributed by atoms with Gasteiger partial charge in [-0.3, -0.25) is 9.63 Å².